The fraction of sp³-hybridized carbons (Fsp3) is 0.360. The number of hydrogen-bond donors (Lipinski definition) is 2. The number of thiophene rings is 2. The molecular formula is C50H48N4O10S2. The van der Waals surface area contributed by atoms with Crippen LogP contribution < -0.4 is 20.9 Å². The fourth-order valence-corrected chi connectivity index (χ4v) is 11.9. The Morgan fingerprint density at radius 3 is 1.45 bits per heavy atom. The minimum Gasteiger partial charge on any atom is -0.489 e. The smallest absolute Gasteiger partial charge is 0.348 e. The number of Topliss-reactive ketones (excluding diaryl/α,β-unsaturated/α-hetero) is 2. The predicted octanol–water partition coefficient (Wildman–Crippen LogP) is 9.38. The van der Waals surface area contributed by atoms with E-state index in [-0.39, 0.29) is 94.3 Å². The molecule has 0 bridgehead atoms. The summed E-state index contributed by atoms with van der Waals surface area (Å²) >= 11 is 2.29. The highest BCUT2D eigenvalue weighted by atomic mass is 32.2. The zero-order valence-corrected chi connectivity index (χ0v) is 39.0. The molecule has 2 unspecified atom stereocenters. The van der Waals surface area contributed by atoms with Crippen LogP contribution in [0.4, 0.5) is 0 Å². The van der Waals surface area contributed by atoms with Crippen molar-refractivity contribution in [2.45, 2.75) is 92.3 Å². The first-order valence-corrected chi connectivity index (χ1v) is 23.2. The standard InChI is InChI=1S/C50H48N4O10S2/c1-7-59-46(57)42-29(23-61-33-15-11-9-13-25(33)37-27(21-51)44(53)63-35-19-49(3,4)17-31(55)40(35)37)39-30(43(47(58)60-8-2)66-48(39)65-42)24-62-34-16-12-10-14-26(34)38-28(22-52)45(54)64-36-20-50(5,6)18-32(56)41(36)38/h9-16,37-38H,7-8,17-20,23-24,53-54H2,1-6H3. The summed E-state index contributed by atoms with van der Waals surface area (Å²) in [7, 11) is 0. The summed E-state index contributed by atoms with van der Waals surface area (Å²) in [6.45, 7) is 11.1. The second-order valence-corrected chi connectivity index (χ2v) is 20.3. The van der Waals surface area contributed by atoms with Gasteiger partial charge in [-0.1, -0.05) is 64.1 Å². The maximum absolute atomic E-state index is 13.8. The van der Waals surface area contributed by atoms with E-state index in [0.717, 1.165) is 22.7 Å². The number of benzene rings is 2. The first-order valence-electron chi connectivity index (χ1n) is 21.5. The number of carbonyl (C=O) groups excluding carboxylic acids is 4. The van der Waals surface area contributed by atoms with Crippen molar-refractivity contribution in [3.8, 4) is 23.6 Å². The number of rotatable bonds is 12. The van der Waals surface area contributed by atoms with Gasteiger partial charge in [-0.3, -0.25) is 9.59 Å². The number of ether oxygens (including phenoxy) is 6. The molecule has 14 nitrogen and oxygen atoms in total. The van der Waals surface area contributed by atoms with Gasteiger partial charge in [-0.25, -0.2) is 9.59 Å². The Bertz CT molecular complexity index is 2760. The molecule has 0 saturated carbocycles. The van der Waals surface area contributed by atoms with Gasteiger partial charge in [0.2, 0.25) is 11.8 Å². The van der Waals surface area contributed by atoms with Gasteiger partial charge in [-0.05, 0) is 36.8 Å². The van der Waals surface area contributed by atoms with Gasteiger partial charge in [0.25, 0.3) is 0 Å². The van der Waals surface area contributed by atoms with E-state index < -0.39 is 23.8 Å². The van der Waals surface area contributed by atoms with Crippen molar-refractivity contribution in [1.82, 2.24) is 0 Å². The number of nitrogens with two attached hydrogens (primary N) is 2. The van der Waals surface area contributed by atoms with E-state index >= 15 is 0 Å². The van der Waals surface area contributed by atoms with E-state index in [4.69, 9.17) is 39.9 Å². The summed E-state index contributed by atoms with van der Waals surface area (Å²) in [5.41, 5.74) is 14.6. The van der Waals surface area contributed by atoms with E-state index in [1.807, 2.05) is 27.7 Å². The van der Waals surface area contributed by atoms with Crippen molar-refractivity contribution >= 4 is 55.6 Å². The van der Waals surface area contributed by atoms with E-state index in [1.165, 1.54) is 0 Å². The normalized spacial score (nSPS) is 19.9. The predicted molar refractivity (Wildman–Crippen MR) is 245 cm³/mol. The highest BCUT2D eigenvalue weighted by molar-refractivity contribution is 7.40. The summed E-state index contributed by atoms with van der Waals surface area (Å²) < 4.78 is 36.8. The van der Waals surface area contributed by atoms with Crippen molar-refractivity contribution in [3.05, 3.63) is 126 Å². The van der Waals surface area contributed by atoms with Crippen molar-refractivity contribution in [1.29, 1.82) is 10.5 Å². The number of hydrogen-bond acceptors (Lipinski definition) is 16. The van der Waals surface area contributed by atoms with Crippen molar-refractivity contribution in [2.75, 3.05) is 13.2 Å². The lowest BCUT2D eigenvalue weighted by atomic mass is 9.70. The number of carbonyl (C=O) groups is 4. The van der Waals surface area contributed by atoms with E-state index in [9.17, 15) is 29.7 Å². The topological polar surface area (TPSA) is 223 Å². The molecule has 0 saturated heterocycles. The van der Waals surface area contributed by atoms with Crippen molar-refractivity contribution < 1.29 is 47.6 Å². The average molecular weight is 929 g/mol. The monoisotopic (exact) mass is 928 g/mol. The molecule has 4 aliphatic rings. The van der Waals surface area contributed by atoms with Crippen molar-refractivity contribution in [2.24, 2.45) is 22.3 Å². The molecule has 4 aromatic rings. The molecule has 0 fully saturated rings. The van der Waals surface area contributed by atoms with E-state index in [1.54, 1.807) is 62.4 Å². The van der Waals surface area contributed by atoms with Crippen LogP contribution in [0, 0.1) is 33.5 Å². The Balaban J connectivity index is 1.22. The number of nitriles is 2. The third-order valence-electron chi connectivity index (χ3n) is 12.0. The minimum atomic E-state index is -0.879. The van der Waals surface area contributed by atoms with Gasteiger partial charge in [-0.2, -0.15) is 10.5 Å². The van der Waals surface area contributed by atoms with Crippen LogP contribution >= 0.6 is 22.7 Å². The highest BCUT2D eigenvalue weighted by Gasteiger charge is 2.45. The zero-order chi connectivity index (χ0) is 47.2. The minimum absolute atomic E-state index is 0.0737. The Labute approximate surface area is 389 Å². The Morgan fingerprint density at radius 2 is 1.08 bits per heavy atom. The number of nitrogens with zero attached hydrogens (tertiary/aromatic N) is 2. The number of para-hydroxylation sites is 2. The summed E-state index contributed by atoms with van der Waals surface area (Å²) in [5.74, 6) is -1.97. The molecule has 4 N–H and O–H groups in total. The van der Waals surface area contributed by atoms with Crippen LogP contribution in [0.2, 0.25) is 0 Å². The lowest BCUT2D eigenvalue weighted by molar-refractivity contribution is -0.119. The maximum atomic E-state index is 13.8. The molecule has 66 heavy (non-hydrogen) atoms. The number of fused-ring (bicyclic) bond motifs is 1. The van der Waals surface area contributed by atoms with Gasteiger partial charge in [-0.15, -0.1) is 22.7 Å². The molecule has 2 aliphatic heterocycles. The van der Waals surface area contributed by atoms with Gasteiger partial charge < -0.3 is 39.9 Å². The number of allylic oxidation sites excluding steroid dienone is 6. The van der Waals surface area contributed by atoms with Crippen LogP contribution in [0.3, 0.4) is 0 Å². The van der Waals surface area contributed by atoms with Crippen LogP contribution in [0.15, 0.2) is 94.1 Å². The van der Waals surface area contributed by atoms with Crippen LogP contribution in [0.1, 0.15) is 121 Å². The molecule has 2 atom stereocenters. The SMILES string of the molecule is CCOC(=O)c1sc2sc(C(=O)OCC)c(COc3ccccc3C3C(C#N)=C(N)OC4=C3C(=O)CC(C)(C)C4)c2c1COc1ccccc1C1C(C#N)=C(N)OC2=C1C(=O)CC(C)(C)C2. The molecule has 4 heterocycles. The Morgan fingerprint density at radius 1 is 0.682 bits per heavy atom. The van der Waals surface area contributed by atoms with Gasteiger partial charge in [0.1, 0.15) is 69.3 Å². The second kappa shape index (κ2) is 17.8. The van der Waals surface area contributed by atoms with Gasteiger partial charge in [0, 0.05) is 64.5 Å². The summed E-state index contributed by atoms with van der Waals surface area (Å²) in [6, 6.07) is 18.4. The maximum Gasteiger partial charge on any atom is 0.348 e. The lowest BCUT2D eigenvalue weighted by Crippen LogP contribution is -2.33. The van der Waals surface area contributed by atoms with Gasteiger partial charge >= 0.3 is 11.9 Å². The van der Waals surface area contributed by atoms with Crippen LogP contribution in [-0.2, 0) is 41.8 Å². The average Bonchev–Trinajstić information content (AvgIpc) is 3.80. The largest absolute Gasteiger partial charge is 0.489 e. The quantitative estimate of drug-likeness (QED) is 0.126. The molecule has 16 heteroatoms. The molecule has 0 amide bonds. The summed E-state index contributed by atoms with van der Waals surface area (Å²) in [6.07, 6.45) is 1.36. The second-order valence-electron chi connectivity index (χ2n) is 18.0. The highest BCUT2D eigenvalue weighted by Crippen LogP contribution is 2.52. The molecule has 0 spiro atoms. The first-order chi connectivity index (χ1) is 31.5. The number of esters is 2. The number of ketones is 2. The Kier molecular flexibility index (Phi) is 12.3. The molecular weight excluding hydrogens is 881 g/mol. The Hall–Kier alpha value is -6.88. The van der Waals surface area contributed by atoms with E-state index in [0.29, 0.717) is 78.7 Å². The van der Waals surface area contributed by atoms with Gasteiger partial charge in [0.05, 0.1) is 29.1 Å². The zero-order valence-electron chi connectivity index (χ0n) is 37.4. The molecule has 2 aromatic carbocycles. The van der Waals surface area contributed by atoms with Crippen LogP contribution in [0.5, 0.6) is 11.5 Å². The molecule has 2 aromatic heterocycles. The lowest BCUT2D eigenvalue weighted by Gasteiger charge is -2.37. The third-order valence-corrected chi connectivity index (χ3v) is 14.5. The third kappa shape index (κ3) is 8.31. The molecule has 340 valence electrons. The van der Waals surface area contributed by atoms with Crippen molar-refractivity contribution in [3.63, 3.8) is 0 Å². The van der Waals surface area contributed by atoms with Gasteiger partial charge in [0.15, 0.2) is 11.6 Å². The van der Waals surface area contributed by atoms with E-state index in [2.05, 4.69) is 12.1 Å². The van der Waals surface area contributed by atoms with Crippen LogP contribution in [0.25, 0.3) is 9.40 Å². The molecule has 8 rings (SSSR count). The van der Waals surface area contributed by atoms with Crippen LogP contribution in [-0.4, -0.2) is 36.7 Å². The summed E-state index contributed by atoms with van der Waals surface area (Å²) in [4.78, 5) is 55.7. The molecule has 0 radical (unpaired) electrons. The molecule has 2 aliphatic carbocycles. The fourth-order valence-electron chi connectivity index (χ4n) is 9.28. The summed E-state index contributed by atoms with van der Waals surface area (Å²) in [5, 5.41) is 21.3. The first kappa shape index (κ1) is 45.7.